The van der Waals surface area contributed by atoms with Crippen LogP contribution < -0.4 is 5.32 Å². The highest BCUT2D eigenvalue weighted by Gasteiger charge is 2.05. The van der Waals surface area contributed by atoms with Crippen LogP contribution in [0, 0.1) is 0 Å². The maximum absolute atomic E-state index is 3.70. The largest absolute Gasteiger partial charge is 0.313 e. The lowest BCUT2D eigenvalue weighted by atomic mass is 10.0. The maximum atomic E-state index is 3.70. The monoisotopic (exact) mass is 165 g/mol. The second-order valence-electron chi connectivity index (χ2n) is 2.84. The summed E-state index contributed by atoms with van der Waals surface area (Å²) in [4.78, 5) is 0. The summed E-state index contributed by atoms with van der Waals surface area (Å²) in [6, 6.07) is 0.388. The van der Waals surface area contributed by atoms with Crippen LogP contribution >= 0.6 is 0 Å². The molecule has 12 heavy (non-hydrogen) atoms. The fourth-order valence-corrected chi connectivity index (χ4v) is 1.07. The van der Waals surface area contributed by atoms with Crippen LogP contribution in [0.4, 0.5) is 0 Å². The first-order chi connectivity index (χ1) is 5.67. The van der Waals surface area contributed by atoms with E-state index in [-0.39, 0.29) is 0 Å². The van der Waals surface area contributed by atoms with Crippen LogP contribution in [0.25, 0.3) is 0 Å². The van der Waals surface area contributed by atoms with Crippen molar-refractivity contribution in [3.05, 3.63) is 36.0 Å². The predicted octanol–water partition coefficient (Wildman–Crippen LogP) is 2.67. The smallest absolute Gasteiger partial charge is 0.0291 e. The minimum Gasteiger partial charge on any atom is -0.313 e. The minimum atomic E-state index is 0.388. The summed E-state index contributed by atoms with van der Waals surface area (Å²) < 4.78 is 0. The van der Waals surface area contributed by atoms with Gasteiger partial charge in [-0.1, -0.05) is 30.4 Å². The van der Waals surface area contributed by atoms with Crippen LogP contribution in [0.15, 0.2) is 36.0 Å². The molecule has 0 fully saturated rings. The van der Waals surface area contributed by atoms with E-state index < -0.39 is 0 Å². The van der Waals surface area contributed by atoms with Crippen LogP contribution in [0.5, 0.6) is 0 Å². The summed E-state index contributed by atoms with van der Waals surface area (Å²) in [5, 5.41) is 3.21. The molecule has 0 bridgehead atoms. The Morgan fingerprint density at radius 2 is 2.08 bits per heavy atom. The van der Waals surface area contributed by atoms with Crippen LogP contribution in [-0.4, -0.2) is 13.1 Å². The summed E-state index contributed by atoms with van der Waals surface area (Å²) in [6.07, 6.45) is 6.00. The Hall–Kier alpha value is -0.820. The molecular formula is C11H19N. The first-order valence-corrected chi connectivity index (χ1v) is 4.30. The van der Waals surface area contributed by atoms with E-state index >= 15 is 0 Å². The molecule has 1 nitrogen and oxygen atoms in total. The van der Waals surface area contributed by atoms with Crippen molar-refractivity contribution in [1.29, 1.82) is 0 Å². The molecule has 0 aromatic carbocycles. The molecule has 0 aromatic heterocycles. The number of hydrogen-bond donors (Lipinski definition) is 1. The third-order valence-corrected chi connectivity index (χ3v) is 2.09. The summed E-state index contributed by atoms with van der Waals surface area (Å²) in [5.74, 6) is 0. The van der Waals surface area contributed by atoms with Gasteiger partial charge in [-0.15, -0.1) is 0 Å². The molecule has 0 radical (unpaired) electrons. The molecule has 1 unspecified atom stereocenters. The molecule has 0 heterocycles. The van der Waals surface area contributed by atoms with Crippen molar-refractivity contribution in [2.24, 2.45) is 0 Å². The van der Waals surface area contributed by atoms with E-state index in [2.05, 4.69) is 44.8 Å². The molecule has 0 saturated carbocycles. The fraction of sp³-hybridized carbons (Fsp3) is 0.455. The normalized spacial score (nSPS) is 16.0. The molecule has 1 atom stereocenters. The van der Waals surface area contributed by atoms with Crippen molar-refractivity contribution in [3.8, 4) is 0 Å². The fourth-order valence-electron chi connectivity index (χ4n) is 1.07. The van der Waals surface area contributed by atoms with Crippen LogP contribution in [0.3, 0.4) is 0 Å². The molecule has 68 valence electrons. The van der Waals surface area contributed by atoms with Gasteiger partial charge in [0.1, 0.15) is 0 Å². The molecule has 0 spiro atoms. The Bertz CT molecular complexity index is 199. The SMILES string of the molecule is C=C/C=C(\C(C)=C/C)C(C)NC. The average Bonchev–Trinajstić information content (AvgIpc) is 2.11. The van der Waals surface area contributed by atoms with Gasteiger partial charge in [0.15, 0.2) is 0 Å². The maximum Gasteiger partial charge on any atom is 0.0291 e. The Labute approximate surface area is 75.9 Å². The highest BCUT2D eigenvalue weighted by atomic mass is 14.9. The van der Waals surface area contributed by atoms with Crippen LogP contribution in [-0.2, 0) is 0 Å². The lowest BCUT2D eigenvalue weighted by Crippen LogP contribution is -2.24. The van der Waals surface area contributed by atoms with Gasteiger partial charge in [0.25, 0.3) is 0 Å². The Kier molecular flexibility index (Phi) is 5.39. The third-order valence-electron chi connectivity index (χ3n) is 2.09. The first kappa shape index (κ1) is 11.2. The molecule has 0 aliphatic heterocycles. The van der Waals surface area contributed by atoms with Crippen LogP contribution in [0.1, 0.15) is 20.8 Å². The van der Waals surface area contributed by atoms with Crippen molar-refractivity contribution in [1.82, 2.24) is 5.32 Å². The van der Waals surface area contributed by atoms with Crippen LogP contribution in [0.2, 0.25) is 0 Å². The van der Waals surface area contributed by atoms with Crippen molar-refractivity contribution in [3.63, 3.8) is 0 Å². The number of likely N-dealkylation sites (N-methyl/N-ethyl adjacent to an activating group) is 1. The Morgan fingerprint density at radius 3 is 2.42 bits per heavy atom. The summed E-state index contributed by atoms with van der Waals surface area (Å²) in [6.45, 7) is 10.0. The van der Waals surface area contributed by atoms with E-state index in [1.165, 1.54) is 11.1 Å². The summed E-state index contributed by atoms with van der Waals surface area (Å²) in [5.41, 5.74) is 2.60. The van der Waals surface area contributed by atoms with Crippen molar-refractivity contribution in [2.75, 3.05) is 7.05 Å². The van der Waals surface area contributed by atoms with Gasteiger partial charge in [-0.2, -0.15) is 0 Å². The van der Waals surface area contributed by atoms with E-state index in [0.29, 0.717) is 6.04 Å². The molecule has 0 saturated heterocycles. The zero-order valence-corrected chi connectivity index (χ0v) is 8.52. The average molecular weight is 165 g/mol. The van der Waals surface area contributed by atoms with Gasteiger partial charge in [0, 0.05) is 6.04 Å². The van der Waals surface area contributed by atoms with Gasteiger partial charge in [0.05, 0.1) is 0 Å². The zero-order chi connectivity index (χ0) is 9.56. The highest BCUT2D eigenvalue weighted by molar-refractivity contribution is 5.35. The second kappa shape index (κ2) is 5.78. The Morgan fingerprint density at radius 1 is 1.50 bits per heavy atom. The molecule has 0 aliphatic rings. The van der Waals surface area contributed by atoms with E-state index in [0.717, 1.165) is 0 Å². The quantitative estimate of drug-likeness (QED) is 0.631. The van der Waals surface area contributed by atoms with Gasteiger partial charge >= 0.3 is 0 Å². The van der Waals surface area contributed by atoms with Crippen molar-refractivity contribution in [2.45, 2.75) is 26.8 Å². The molecule has 0 aliphatic carbocycles. The molecule has 1 heteroatoms. The lowest BCUT2D eigenvalue weighted by Gasteiger charge is -2.15. The minimum absolute atomic E-state index is 0.388. The molecule has 0 rings (SSSR count). The topological polar surface area (TPSA) is 12.0 Å². The molecule has 0 amide bonds. The predicted molar refractivity (Wildman–Crippen MR) is 56.2 cm³/mol. The van der Waals surface area contributed by atoms with Gasteiger partial charge in [-0.05, 0) is 33.4 Å². The molecule has 1 N–H and O–H groups in total. The van der Waals surface area contributed by atoms with Gasteiger partial charge in [-0.3, -0.25) is 0 Å². The molecular weight excluding hydrogens is 146 g/mol. The van der Waals surface area contributed by atoms with E-state index in [9.17, 15) is 0 Å². The lowest BCUT2D eigenvalue weighted by molar-refractivity contribution is 0.697. The standard InChI is InChI=1S/C11H19N/c1-6-8-11(9(3)7-2)10(4)12-5/h6-8,10,12H,1H2,2-5H3/b9-7-,11-8+. The first-order valence-electron chi connectivity index (χ1n) is 4.30. The van der Waals surface area contributed by atoms with Gasteiger partial charge in [0.2, 0.25) is 0 Å². The number of rotatable bonds is 4. The molecule has 0 aromatic rings. The third kappa shape index (κ3) is 3.05. The number of hydrogen-bond acceptors (Lipinski definition) is 1. The zero-order valence-electron chi connectivity index (χ0n) is 8.52. The van der Waals surface area contributed by atoms with Crippen molar-refractivity contribution >= 4 is 0 Å². The highest BCUT2D eigenvalue weighted by Crippen LogP contribution is 2.13. The van der Waals surface area contributed by atoms with E-state index in [1.54, 1.807) is 0 Å². The van der Waals surface area contributed by atoms with Gasteiger partial charge < -0.3 is 5.32 Å². The van der Waals surface area contributed by atoms with Crippen molar-refractivity contribution < 1.29 is 0 Å². The van der Waals surface area contributed by atoms with E-state index in [4.69, 9.17) is 0 Å². The van der Waals surface area contributed by atoms with Gasteiger partial charge in [-0.25, -0.2) is 0 Å². The Balaban J connectivity index is 4.67. The number of nitrogens with one attached hydrogen (secondary N) is 1. The van der Waals surface area contributed by atoms with E-state index in [1.807, 2.05) is 13.1 Å². The summed E-state index contributed by atoms with van der Waals surface area (Å²) in [7, 11) is 1.96. The number of allylic oxidation sites excluding steroid dienone is 3. The summed E-state index contributed by atoms with van der Waals surface area (Å²) >= 11 is 0. The second-order valence-corrected chi connectivity index (χ2v) is 2.84.